The van der Waals surface area contributed by atoms with Crippen LogP contribution in [0.15, 0.2) is 0 Å². The molecule has 0 bridgehead atoms. The van der Waals surface area contributed by atoms with Gasteiger partial charge in [-0.25, -0.2) is 0 Å². The normalized spacial score (nSPS) is 16.5. The Morgan fingerprint density at radius 1 is 1.50 bits per heavy atom. The van der Waals surface area contributed by atoms with E-state index in [-0.39, 0.29) is 58.0 Å². The van der Waals surface area contributed by atoms with Gasteiger partial charge in [-0.3, -0.25) is 4.79 Å². The monoisotopic (exact) mass is 139 g/mol. The van der Waals surface area contributed by atoms with E-state index >= 15 is 0 Å². The van der Waals surface area contributed by atoms with Crippen LogP contribution in [0.3, 0.4) is 0 Å². The van der Waals surface area contributed by atoms with Crippen molar-refractivity contribution >= 4 is 12.0 Å². The molecule has 2 amide bonds. The van der Waals surface area contributed by atoms with Crippen molar-refractivity contribution in [2.75, 3.05) is 6.61 Å². The van der Waals surface area contributed by atoms with Gasteiger partial charge in [0.05, 0.1) is 5.91 Å². The van der Waals surface area contributed by atoms with Gasteiger partial charge in [-0.2, -0.15) is 0 Å². The molecule has 0 spiro atoms. The van der Waals surface area contributed by atoms with Crippen molar-refractivity contribution in [1.82, 2.24) is 0 Å². The fourth-order valence-electron chi connectivity index (χ4n) is 0.290. The number of imide groups is 1. The minimum atomic E-state index is -0.773. The van der Waals surface area contributed by atoms with Crippen LogP contribution in [0.4, 0.5) is 4.79 Å². The fraction of sp³-hybridized carbons (Fsp3) is 0.333. The number of hydrogen-bond donors (Lipinski definition) is 0. The van der Waals surface area contributed by atoms with Crippen molar-refractivity contribution in [3.8, 4) is 0 Å². The maximum absolute atomic E-state index is 9.94. The summed E-state index contributed by atoms with van der Waals surface area (Å²) in [4.78, 5) is 19.8. The molecule has 0 radical (unpaired) electrons. The van der Waals surface area contributed by atoms with E-state index in [0.29, 0.717) is 0 Å². The van der Waals surface area contributed by atoms with Gasteiger partial charge in [0.15, 0.2) is 0 Å². The van der Waals surface area contributed by atoms with Crippen LogP contribution in [0.1, 0.15) is 0 Å². The Kier molecular flexibility index (Phi) is 3.83. The summed E-state index contributed by atoms with van der Waals surface area (Å²) in [5.41, 5.74) is 0. The van der Waals surface area contributed by atoms with Crippen molar-refractivity contribution in [2.45, 2.75) is 0 Å². The summed E-state index contributed by atoms with van der Waals surface area (Å²) in [6, 6.07) is 0. The van der Waals surface area contributed by atoms with E-state index in [2.05, 4.69) is 10.1 Å². The number of cyclic esters (lactones) is 1. The second kappa shape index (κ2) is 3.57. The largest absolute Gasteiger partial charge is 1.00 e. The minimum Gasteiger partial charge on any atom is -0.557 e. The first-order chi connectivity index (χ1) is 3.29. The van der Waals surface area contributed by atoms with Crippen molar-refractivity contribution in [3.63, 3.8) is 0 Å². The molecule has 8 heavy (non-hydrogen) atoms. The summed E-state index contributed by atoms with van der Waals surface area (Å²) in [7, 11) is 0. The predicted molar refractivity (Wildman–Crippen MR) is 19.7 cm³/mol. The van der Waals surface area contributed by atoms with Gasteiger partial charge in [0, 0.05) is 0 Å². The molecule has 0 aromatic heterocycles. The first-order valence-corrected chi connectivity index (χ1v) is 1.70. The summed E-state index contributed by atoms with van der Waals surface area (Å²) in [6.45, 7) is -0.182. The van der Waals surface area contributed by atoms with Crippen LogP contribution >= 0.6 is 0 Å². The molecule has 1 aliphatic heterocycles. The van der Waals surface area contributed by atoms with E-state index in [1.807, 2.05) is 0 Å². The third-order valence-electron chi connectivity index (χ3n) is 0.535. The molecular weight excluding hydrogens is 137 g/mol. The van der Waals surface area contributed by atoms with Crippen molar-refractivity contribution < 1.29 is 65.7 Å². The third-order valence-corrected chi connectivity index (χ3v) is 0.535. The topological polar surface area (TPSA) is 57.5 Å². The first-order valence-electron chi connectivity index (χ1n) is 1.70. The molecule has 0 aromatic carbocycles. The minimum absolute atomic E-state index is 0. The van der Waals surface area contributed by atoms with Gasteiger partial charge in [-0.05, 0) is 0 Å². The Hall–Kier alpha value is 0.576. The number of nitrogens with zero attached hydrogens (tertiary/aromatic N) is 1. The van der Waals surface area contributed by atoms with Gasteiger partial charge >= 0.3 is 51.4 Å². The number of ether oxygens (including phenoxy) is 1. The Labute approximate surface area is 88.4 Å². The number of hydrogen-bond acceptors (Lipinski definition) is 3. The van der Waals surface area contributed by atoms with Crippen LogP contribution in [0.2, 0.25) is 0 Å². The van der Waals surface area contributed by atoms with Gasteiger partial charge in [0.25, 0.3) is 0 Å². The molecule has 0 unspecified atom stereocenters. The van der Waals surface area contributed by atoms with Crippen LogP contribution in [0.5, 0.6) is 0 Å². The number of carbonyl (C=O) groups excluding carboxylic acids is 2. The maximum atomic E-state index is 9.94. The summed E-state index contributed by atoms with van der Waals surface area (Å²) in [5, 5.41) is 2.89. The molecule has 1 fully saturated rings. The molecule has 4 nitrogen and oxygen atoms in total. The summed E-state index contributed by atoms with van der Waals surface area (Å²) < 4.78 is 4.11. The van der Waals surface area contributed by atoms with Crippen molar-refractivity contribution in [1.29, 1.82) is 0 Å². The van der Waals surface area contributed by atoms with E-state index in [0.717, 1.165) is 0 Å². The average Bonchev–Trinajstić information content (AvgIpc) is 1.87. The quantitative estimate of drug-likeness (QED) is 0.337. The molecule has 0 N–H and O–H groups in total. The second-order valence-electron chi connectivity index (χ2n) is 1.06. The van der Waals surface area contributed by atoms with E-state index in [9.17, 15) is 9.59 Å². The molecule has 0 aromatic rings. The van der Waals surface area contributed by atoms with Crippen molar-refractivity contribution in [3.05, 3.63) is 5.32 Å². The van der Waals surface area contributed by atoms with E-state index in [1.54, 1.807) is 0 Å². The molecule has 1 saturated heterocycles. The maximum Gasteiger partial charge on any atom is 1.00 e. The zero-order valence-electron chi connectivity index (χ0n) is 4.38. The Balaban J connectivity index is 0.000000490. The molecule has 1 rings (SSSR count). The third kappa shape index (κ3) is 2.23. The summed E-state index contributed by atoms with van der Waals surface area (Å²) in [5.74, 6) is -0.495. The van der Waals surface area contributed by atoms with Crippen LogP contribution in [-0.4, -0.2) is 18.6 Å². The Morgan fingerprint density at radius 2 is 2.12 bits per heavy atom. The predicted octanol–water partition coefficient (Wildman–Crippen LogP) is -2.96. The smallest absolute Gasteiger partial charge is 0.557 e. The van der Waals surface area contributed by atoms with Crippen LogP contribution in [-0.2, 0) is 9.53 Å². The summed E-state index contributed by atoms with van der Waals surface area (Å²) >= 11 is 0. The van der Waals surface area contributed by atoms with E-state index in [1.165, 1.54) is 0 Å². The Morgan fingerprint density at radius 3 is 2.25 bits per heavy atom. The summed E-state index contributed by atoms with van der Waals surface area (Å²) in [6.07, 6.45) is -0.773. The number of rotatable bonds is 0. The van der Waals surface area contributed by atoms with E-state index in [4.69, 9.17) is 0 Å². The molecular formula is C3H2KNO3. The number of carbonyl (C=O) groups is 2. The molecule has 0 aliphatic carbocycles. The van der Waals surface area contributed by atoms with Gasteiger partial charge in [0.1, 0.15) is 6.61 Å². The molecule has 1 aliphatic rings. The van der Waals surface area contributed by atoms with Gasteiger partial charge < -0.3 is 14.8 Å². The first kappa shape index (κ1) is 8.58. The molecule has 0 saturated carbocycles. The molecule has 5 heteroatoms. The Bertz CT molecular complexity index is 110. The van der Waals surface area contributed by atoms with Gasteiger partial charge in [-0.1, -0.05) is 0 Å². The van der Waals surface area contributed by atoms with Gasteiger partial charge in [0.2, 0.25) is 6.09 Å². The van der Waals surface area contributed by atoms with Crippen molar-refractivity contribution in [2.24, 2.45) is 0 Å². The van der Waals surface area contributed by atoms with Gasteiger partial charge in [-0.15, -0.1) is 0 Å². The van der Waals surface area contributed by atoms with E-state index < -0.39 is 12.0 Å². The van der Waals surface area contributed by atoms with Crippen LogP contribution in [0, 0.1) is 0 Å². The molecule has 1 heterocycles. The fourth-order valence-corrected chi connectivity index (χ4v) is 0.290. The van der Waals surface area contributed by atoms with Crippen LogP contribution < -0.4 is 51.4 Å². The second-order valence-corrected chi connectivity index (χ2v) is 1.06. The number of amides is 2. The average molecular weight is 139 g/mol. The zero-order valence-corrected chi connectivity index (χ0v) is 7.50. The van der Waals surface area contributed by atoms with Crippen LogP contribution in [0.25, 0.3) is 5.32 Å². The zero-order chi connectivity index (χ0) is 5.28. The SMILES string of the molecule is O=C1COC(=O)[N-]1.[K+]. The molecule has 0 atom stereocenters. The molecule has 38 valence electrons. The standard InChI is InChI=1S/C3H3NO3.K/c5-2-1-7-3(6)4-2;/h1H2,(H,4,5,6);/q;+1/p-1.